The van der Waals surface area contributed by atoms with Crippen LogP contribution in [0.3, 0.4) is 0 Å². The van der Waals surface area contributed by atoms with Gasteiger partial charge in [0.15, 0.2) is 5.82 Å². The van der Waals surface area contributed by atoms with E-state index in [-0.39, 0.29) is 5.56 Å². The molecule has 2 N–H and O–H groups in total. The molecule has 1 fully saturated rings. The number of aromatic amines is 1. The Labute approximate surface area is 179 Å². The molecule has 7 heteroatoms. The van der Waals surface area contributed by atoms with E-state index < -0.39 is 0 Å². The van der Waals surface area contributed by atoms with Crippen molar-refractivity contribution in [1.82, 2.24) is 9.97 Å². The van der Waals surface area contributed by atoms with E-state index in [0.717, 1.165) is 59.8 Å². The molecule has 1 aromatic carbocycles. The molecular weight excluding hydrogens is 398 g/mol. The number of fused-ring (bicyclic) bond motifs is 3. The lowest BCUT2D eigenvalue weighted by Gasteiger charge is -2.23. The lowest BCUT2D eigenvalue weighted by atomic mass is 9.97. The van der Waals surface area contributed by atoms with Crippen LogP contribution in [0.4, 0.5) is 0 Å². The average molecular weight is 427 g/mol. The minimum atomic E-state index is 0.0339. The predicted octanol–water partition coefficient (Wildman–Crippen LogP) is 2.80. The van der Waals surface area contributed by atoms with Crippen molar-refractivity contribution in [3.8, 4) is 11.5 Å². The number of thiophene rings is 1. The summed E-state index contributed by atoms with van der Waals surface area (Å²) in [6.45, 7) is 1.77. The average Bonchev–Trinajstić information content (AvgIpc) is 3.37. The summed E-state index contributed by atoms with van der Waals surface area (Å²) in [7, 11) is 3.38. The number of likely N-dealkylation sites (tertiary alicyclic amines) is 1. The molecule has 6 nitrogen and oxygen atoms in total. The van der Waals surface area contributed by atoms with Gasteiger partial charge in [0.05, 0.1) is 31.7 Å². The van der Waals surface area contributed by atoms with Gasteiger partial charge in [0.1, 0.15) is 28.9 Å². The molecule has 1 aliphatic carbocycles. The molecule has 1 saturated heterocycles. The van der Waals surface area contributed by atoms with E-state index in [1.165, 1.54) is 33.7 Å². The summed E-state index contributed by atoms with van der Waals surface area (Å²) in [6.07, 6.45) is 6.72. The van der Waals surface area contributed by atoms with E-state index in [9.17, 15) is 4.79 Å². The molecule has 158 valence electrons. The number of hydrogen-bond donors (Lipinski definition) is 2. The van der Waals surface area contributed by atoms with Crippen molar-refractivity contribution in [3.63, 3.8) is 0 Å². The van der Waals surface area contributed by atoms with Gasteiger partial charge in [0.2, 0.25) is 0 Å². The van der Waals surface area contributed by atoms with Crippen molar-refractivity contribution in [3.05, 3.63) is 50.4 Å². The van der Waals surface area contributed by atoms with Crippen LogP contribution in [0, 0.1) is 0 Å². The summed E-state index contributed by atoms with van der Waals surface area (Å²) in [4.78, 5) is 24.6. The van der Waals surface area contributed by atoms with Crippen molar-refractivity contribution in [2.75, 3.05) is 20.8 Å². The van der Waals surface area contributed by atoms with Crippen LogP contribution in [0.25, 0.3) is 10.2 Å². The molecule has 1 unspecified atom stereocenters. The third-order valence-electron chi connectivity index (χ3n) is 6.57. The zero-order valence-corrected chi connectivity index (χ0v) is 18.4. The maximum absolute atomic E-state index is 12.9. The van der Waals surface area contributed by atoms with Crippen LogP contribution in [0.2, 0.25) is 0 Å². The first-order valence-electron chi connectivity index (χ1n) is 10.8. The summed E-state index contributed by atoms with van der Waals surface area (Å²) >= 11 is 1.72. The van der Waals surface area contributed by atoms with E-state index in [0.29, 0.717) is 12.6 Å². The first-order chi connectivity index (χ1) is 14.7. The Kier molecular flexibility index (Phi) is 5.25. The van der Waals surface area contributed by atoms with Gasteiger partial charge >= 0.3 is 0 Å². The first kappa shape index (κ1) is 19.6. The van der Waals surface area contributed by atoms with Crippen LogP contribution in [0.15, 0.2) is 23.0 Å². The number of ether oxygens (including phenoxy) is 2. The number of aromatic nitrogens is 2. The van der Waals surface area contributed by atoms with Crippen molar-refractivity contribution < 1.29 is 14.4 Å². The Morgan fingerprint density at radius 2 is 2.07 bits per heavy atom. The molecule has 0 saturated carbocycles. The van der Waals surface area contributed by atoms with Crippen molar-refractivity contribution in [1.29, 1.82) is 0 Å². The van der Waals surface area contributed by atoms with Crippen molar-refractivity contribution in [2.24, 2.45) is 0 Å². The molecule has 3 heterocycles. The Bertz CT molecular complexity index is 1140. The standard InChI is InChI=1S/C23H27N3O3S/c1-28-14-9-10-15(18(12-14)29-2)17-7-5-11-26(17)13-20-24-22(27)21-16-6-3-4-8-19(16)30-23(21)25-20/h9-10,12,17H,3-8,11,13H2,1-2H3,(H,24,25,27)/p+1/t17-/m1/s1. The lowest BCUT2D eigenvalue weighted by Crippen LogP contribution is -3.09. The summed E-state index contributed by atoms with van der Waals surface area (Å²) in [5.41, 5.74) is 2.48. The molecule has 0 amide bonds. The molecule has 3 aromatic rings. The van der Waals surface area contributed by atoms with Crippen LogP contribution < -0.4 is 19.9 Å². The summed E-state index contributed by atoms with van der Waals surface area (Å²) in [5.74, 6) is 2.45. The lowest BCUT2D eigenvalue weighted by molar-refractivity contribution is -0.932. The van der Waals surface area contributed by atoms with E-state index in [2.05, 4.69) is 11.1 Å². The number of hydrogen-bond acceptors (Lipinski definition) is 5. The summed E-state index contributed by atoms with van der Waals surface area (Å²) in [5, 5.41) is 0.836. The molecule has 2 aromatic heterocycles. The van der Waals surface area contributed by atoms with Gasteiger partial charge in [-0.15, -0.1) is 11.3 Å². The number of benzene rings is 1. The number of rotatable bonds is 5. The van der Waals surface area contributed by atoms with E-state index in [1.54, 1.807) is 25.6 Å². The quantitative estimate of drug-likeness (QED) is 0.658. The summed E-state index contributed by atoms with van der Waals surface area (Å²) in [6, 6.07) is 6.38. The summed E-state index contributed by atoms with van der Waals surface area (Å²) < 4.78 is 11.0. The molecule has 30 heavy (non-hydrogen) atoms. The highest BCUT2D eigenvalue weighted by atomic mass is 32.1. The van der Waals surface area contributed by atoms with Gasteiger partial charge in [0.25, 0.3) is 5.56 Å². The van der Waals surface area contributed by atoms with Gasteiger partial charge in [-0.3, -0.25) is 4.79 Å². The monoisotopic (exact) mass is 426 g/mol. The van der Waals surface area contributed by atoms with Gasteiger partial charge < -0.3 is 19.4 Å². The minimum absolute atomic E-state index is 0.0339. The minimum Gasteiger partial charge on any atom is -0.497 e. The highest BCUT2D eigenvalue weighted by Crippen LogP contribution is 2.34. The maximum Gasteiger partial charge on any atom is 0.260 e. The van der Waals surface area contributed by atoms with Crippen LogP contribution in [-0.4, -0.2) is 30.7 Å². The molecule has 0 spiro atoms. The highest BCUT2D eigenvalue weighted by Gasteiger charge is 2.33. The molecule has 2 aliphatic rings. The van der Waals surface area contributed by atoms with Crippen molar-refractivity contribution >= 4 is 21.6 Å². The number of quaternary nitrogens is 1. The number of aryl methyl sites for hydroxylation is 2. The Morgan fingerprint density at radius 1 is 1.20 bits per heavy atom. The van der Waals surface area contributed by atoms with Gasteiger partial charge in [0, 0.05) is 23.8 Å². The largest absolute Gasteiger partial charge is 0.497 e. The zero-order chi connectivity index (χ0) is 20.7. The number of H-pyrrole nitrogens is 1. The maximum atomic E-state index is 12.9. The predicted molar refractivity (Wildman–Crippen MR) is 118 cm³/mol. The van der Waals surface area contributed by atoms with Crippen LogP contribution >= 0.6 is 11.3 Å². The number of nitrogens with one attached hydrogen (secondary N) is 2. The second-order valence-electron chi connectivity index (χ2n) is 8.29. The Balaban J connectivity index is 1.45. The molecular formula is C23H28N3O3S+. The van der Waals surface area contributed by atoms with E-state index >= 15 is 0 Å². The second-order valence-corrected chi connectivity index (χ2v) is 9.38. The number of methoxy groups -OCH3 is 2. The van der Waals surface area contributed by atoms with Gasteiger partial charge in [-0.2, -0.15) is 0 Å². The Hall–Kier alpha value is -2.38. The molecule has 0 bridgehead atoms. The fourth-order valence-corrected chi connectivity index (χ4v) is 6.39. The smallest absolute Gasteiger partial charge is 0.260 e. The second kappa shape index (κ2) is 8.04. The molecule has 0 radical (unpaired) electrons. The van der Waals surface area contributed by atoms with Gasteiger partial charge in [-0.05, 0) is 43.4 Å². The van der Waals surface area contributed by atoms with E-state index in [1.807, 2.05) is 12.1 Å². The fourth-order valence-electron chi connectivity index (χ4n) is 5.11. The van der Waals surface area contributed by atoms with Crippen LogP contribution in [0.5, 0.6) is 11.5 Å². The highest BCUT2D eigenvalue weighted by molar-refractivity contribution is 7.18. The third kappa shape index (κ3) is 3.40. The topological polar surface area (TPSA) is 68.7 Å². The normalized spacial score (nSPS) is 21.0. The van der Waals surface area contributed by atoms with Crippen LogP contribution in [-0.2, 0) is 19.4 Å². The van der Waals surface area contributed by atoms with Gasteiger partial charge in [-0.1, -0.05) is 0 Å². The Morgan fingerprint density at radius 3 is 2.90 bits per heavy atom. The molecule has 1 aliphatic heterocycles. The third-order valence-corrected chi connectivity index (χ3v) is 7.75. The van der Waals surface area contributed by atoms with Crippen molar-refractivity contribution in [2.45, 2.75) is 51.1 Å². The zero-order valence-electron chi connectivity index (χ0n) is 17.5. The number of nitrogens with zero attached hydrogens (tertiary/aromatic N) is 1. The fraction of sp³-hybridized carbons (Fsp3) is 0.478. The first-order valence-corrected chi connectivity index (χ1v) is 11.6. The molecule has 2 atom stereocenters. The van der Waals surface area contributed by atoms with E-state index in [4.69, 9.17) is 14.5 Å². The molecule has 5 rings (SSSR count). The SMILES string of the molecule is COc1ccc([C@H]2CCC[NH+]2Cc2nc3sc4c(c3c(=O)[nH]2)CCCC4)c(OC)c1. The van der Waals surface area contributed by atoms with Crippen LogP contribution in [0.1, 0.15) is 53.6 Å². The van der Waals surface area contributed by atoms with Gasteiger partial charge in [-0.25, -0.2) is 4.98 Å².